The normalized spacial score (nSPS) is 10.4. The molecule has 0 nitrogen and oxygen atoms in total. The van der Waals surface area contributed by atoms with Crippen LogP contribution in [0.4, 0.5) is 0 Å². The molecule has 0 N–H and O–H groups in total. The maximum absolute atomic E-state index is 4.93. The summed E-state index contributed by atoms with van der Waals surface area (Å²) in [6.45, 7) is 13.3. The first-order valence-corrected chi connectivity index (χ1v) is 26.9. The van der Waals surface area contributed by atoms with Gasteiger partial charge in [-0.25, -0.2) is 0 Å². The zero-order valence-corrected chi connectivity index (χ0v) is 36.2. The third-order valence-corrected chi connectivity index (χ3v) is 8.87. The summed E-state index contributed by atoms with van der Waals surface area (Å²) in [5.74, 6) is 0. The van der Waals surface area contributed by atoms with Gasteiger partial charge in [-0.2, -0.15) is 12.1 Å². The summed E-state index contributed by atoms with van der Waals surface area (Å²) < 4.78 is 0. The summed E-state index contributed by atoms with van der Waals surface area (Å²) in [5, 5.41) is 5.65. The second-order valence-electron chi connectivity index (χ2n) is 12.9. The standard InChI is InChI=1S/2C22H25.C2H6Si.2ClH.Zr/c2*1-3-5-10-19-13-14-20-15-17(9-4-2)16-21(20)22(19)18-11-7-6-8-12-18;1-3-2;;;/h2*6-8,11-16H,3-5,9-10H2,1-2H3;1-2H3;2*1H;/q2*-1;;;;+4/p-2. The van der Waals surface area contributed by atoms with Crippen molar-refractivity contribution in [3.8, 4) is 22.3 Å². The molecule has 0 aliphatic rings. The molecular weight excluding hydrogens is 743 g/mol. The van der Waals surface area contributed by atoms with Crippen molar-refractivity contribution in [2.24, 2.45) is 0 Å². The number of halogens is 2. The fourth-order valence-electron chi connectivity index (χ4n) is 6.69. The Morgan fingerprint density at radius 2 is 0.880 bits per heavy atom. The van der Waals surface area contributed by atoms with Gasteiger partial charge in [0.1, 0.15) is 0 Å². The zero-order valence-electron chi connectivity index (χ0n) is 31.2. The van der Waals surface area contributed by atoms with Crippen LogP contribution in [-0.4, -0.2) is 9.52 Å². The summed E-state index contributed by atoms with van der Waals surface area (Å²) in [6, 6.07) is 40.6. The van der Waals surface area contributed by atoms with Crippen LogP contribution in [0.25, 0.3) is 43.8 Å². The first-order chi connectivity index (χ1) is 24.5. The molecule has 2 radical (unpaired) electrons. The zero-order chi connectivity index (χ0) is 36.1. The van der Waals surface area contributed by atoms with Crippen LogP contribution in [0.1, 0.15) is 88.5 Å². The first-order valence-electron chi connectivity index (χ1n) is 18.6. The Kier molecular flexibility index (Phi) is 20.3. The van der Waals surface area contributed by atoms with Crippen LogP contribution in [0.2, 0.25) is 13.1 Å². The van der Waals surface area contributed by atoms with E-state index in [2.05, 4.69) is 150 Å². The van der Waals surface area contributed by atoms with Gasteiger partial charge in [0.2, 0.25) is 0 Å². The third-order valence-electron chi connectivity index (χ3n) is 8.87. The Morgan fingerprint density at radius 1 is 0.520 bits per heavy atom. The molecule has 0 spiro atoms. The molecule has 50 heavy (non-hydrogen) atoms. The van der Waals surface area contributed by atoms with Gasteiger partial charge < -0.3 is 0 Å². The molecule has 262 valence electrons. The molecule has 0 unspecified atom stereocenters. The SMILES string of the molecule is CCCCc1ccc2[cH-]c(CCC)cc2c1-c1ccccc1.CCCCc1ccc2[cH-]c(CCC)cc2c1-c1ccccc1.C[Si]C.[Cl][Zr+2][Cl]. The van der Waals surface area contributed by atoms with E-state index in [1.165, 1.54) is 130 Å². The molecule has 0 aromatic heterocycles. The van der Waals surface area contributed by atoms with Gasteiger partial charge in [-0.1, -0.05) is 149 Å². The maximum atomic E-state index is 4.93. The van der Waals surface area contributed by atoms with E-state index in [1.807, 2.05) is 0 Å². The van der Waals surface area contributed by atoms with Crippen molar-refractivity contribution in [3.05, 3.63) is 131 Å². The predicted molar refractivity (Wildman–Crippen MR) is 224 cm³/mol. The molecule has 0 fully saturated rings. The van der Waals surface area contributed by atoms with E-state index in [9.17, 15) is 0 Å². The summed E-state index contributed by atoms with van der Waals surface area (Å²) in [5.41, 5.74) is 11.6. The number of aryl methyl sites for hydroxylation is 4. The van der Waals surface area contributed by atoms with E-state index in [0.717, 1.165) is 9.52 Å². The second kappa shape index (κ2) is 24.1. The molecule has 0 saturated heterocycles. The molecule has 0 bridgehead atoms. The minimum atomic E-state index is -0.826. The van der Waals surface area contributed by atoms with Crippen molar-refractivity contribution in [2.45, 2.75) is 105 Å². The molecule has 0 aliphatic heterocycles. The predicted octanol–water partition coefficient (Wildman–Crippen LogP) is 15.2. The molecule has 6 aromatic carbocycles. The Bertz CT molecular complexity index is 1650. The monoisotopic (exact) mass is 796 g/mol. The summed E-state index contributed by atoms with van der Waals surface area (Å²) >= 11 is -0.826. The van der Waals surface area contributed by atoms with E-state index in [1.54, 1.807) is 0 Å². The van der Waals surface area contributed by atoms with Gasteiger partial charge in [0.05, 0.1) is 0 Å². The Hall–Kier alpha value is -2.22. The molecular formula is C46H56Cl2SiZr. The average Bonchev–Trinajstić information content (AvgIpc) is 3.75. The number of unbranched alkanes of at least 4 members (excludes halogenated alkanes) is 2. The van der Waals surface area contributed by atoms with Crippen LogP contribution in [0.3, 0.4) is 0 Å². The Balaban J connectivity index is 0.000000234. The van der Waals surface area contributed by atoms with Crippen molar-refractivity contribution in [1.82, 2.24) is 0 Å². The molecule has 4 heteroatoms. The van der Waals surface area contributed by atoms with Crippen molar-refractivity contribution in [1.29, 1.82) is 0 Å². The van der Waals surface area contributed by atoms with Crippen LogP contribution in [0.15, 0.2) is 109 Å². The van der Waals surface area contributed by atoms with Crippen LogP contribution < -0.4 is 0 Å². The Labute approximate surface area is 325 Å². The molecule has 0 aliphatic carbocycles. The minimum absolute atomic E-state index is 0.826. The number of rotatable bonds is 12. The van der Waals surface area contributed by atoms with Crippen molar-refractivity contribution in [2.75, 3.05) is 0 Å². The molecule has 0 amide bonds. The van der Waals surface area contributed by atoms with Crippen LogP contribution in [0.5, 0.6) is 0 Å². The van der Waals surface area contributed by atoms with E-state index in [4.69, 9.17) is 17.0 Å². The van der Waals surface area contributed by atoms with E-state index < -0.39 is 20.8 Å². The molecule has 0 atom stereocenters. The fraction of sp³-hybridized carbons (Fsp3) is 0.348. The van der Waals surface area contributed by atoms with Crippen molar-refractivity contribution < 1.29 is 20.8 Å². The van der Waals surface area contributed by atoms with Crippen LogP contribution in [-0.2, 0) is 46.5 Å². The molecule has 0 saturated carbocycles. The van der Waals surface area contributed by atoms with Gasteiger partial charge in [0.25, 0.3) is 0 Å². The van der Waals surface area contributed by atoms with Crippen LogP contribution >= 0.6 is 17.0 Å². The molecule has 6 aromatic rings. The topological polar surface area (TPSA) is 0 Å². The van der Waals surface area contributed by atoms with E-state index in [-0.39, 0.29) is 0 Å². The first kappa shape index (κ1) is 42.2. The van der Waals surface area contributed by atoms with Gasteiger partial charge in [-0.05, 0) is 49.7 Å². The summed E-state index contributed by atoms with van der Waals surface area (Å²) in [6.07, 6.45) is 12.1. The number of benzene rings is 4. The summed E-state index contributed by atoms with van der Waals surface area (Å²) in [4.78, 5) is 0. The second-order valence-corrected chi connectivity index (χ2v) is 17.7. The molecule has 0 heterocycles. The summed E-state index contributed by atoms with van der Waals surface area (Å²) in [7, 11) is 11.0. The fourth-order valence-corrected chi connectivity index (χ4v) is 6.69. The Morgan fingerprint density at radius 3 is 1.20 bits per heavy atom. The van der Waals surface area contributed by atoms with Gasteiger partial charge in [-0.3, -0.25) is 0 Å². The van der Waals surface area contributed by atoms with Crippen molar-refractivity contribution in [3.63, 3.8) is 0 Å². The van der Waals surface area contributed by atoms with Gasteiger partial charge in [-0.15, -0.1) is 69.1 Å². The number of hydrogen-bond donors (Lipinski definition) is 0. The van der Waals surface area contributed by atoms with Gasteiger partial charge >= 0.3 is 37.9 Å². The quantitative estimate of drug-likeness (QED) is 0.0854. The third kappa shape index (κ3) is 12.5. The number of fused-ring (bicyclic) bond motifs is 2. The van der Waals surface area contributed by atoms with Gasteiger partial charge in [0.15, 0.2) is 0 Å². The van der Waals surface area contributed by atoms with Gasteiger partial charge in [0, 0.05) is 9.52 Å². The van der Waals surface area contributed by atoms with E-state index >= 15 is 0 Å². The van der Waals surface area contributed by atoms with E-state index in [0.29, 0.717) is 0 Å². The molecule has 6 rings (SSSR count). The van der Waals surface area contributed by atoms with Crippen LogP contribution in [0, 0.1) is 0 Å². The van der Waals surface area contributed by atoms with Crippen molar-refractivity contribution >= 4 is 48.1 Å². The number of hydrogen-bond acceptors (Lipinski definition) is 0. The average molecular weight is 799 g/mol.